The average Bonchev–Trinajstić information content (AvgIpc) is 2.41. The maximum atomic E-state index is 9.39. The number of hydrogen-bond acceptors (Lipinski definition) is 2. The lowest BCUT2D eigenvalue weighted by molar-refractivity contribution is -0.0944. The molecule has 68 valence electrons. The van der Waals surface area contributed by atoms with Gasteiger partial charge in [0.1, 0.15) is 5.75 Å². The van der Waals surface area contributed by atoms with Crippen LogP contribution in [0.5, 0.6) is 5.75 Å². The zero-order valence-electron chi connectivity index (χ0n) is 7.42. The first-order chi connectivity index (χ1) is 6.30. The fraction of sp³-hybridized carbons (Fsp3) is 0.455. The lowest BCUT2D eigenvalue weighted by Crippen LogP contribution is -2.33. The summed E-state index contributed by atoms with van der Waals surface area (Å²) in [5.74, 6) is 0.357. The van der Waals surface area contributed by atoms with E-state index < -0.39 is 0 Å². The number of phenolic OH excluding ortho intramolecular Hbond substituents is 1. The Balaban J connectivity index is 2.14. The van der Waals surface area contributed by atoms with Crippen molar-refractivity contribution < 1.29 is 9.84 Å². The molecule has 0 amide bonds. The molecule has 1 aromatic rings. The molecular formula is C11H12O2. The van der Waals surface area contributed by atoms with Crippen LogP contribution in [-0.4, -0.2) is 5.11 Å². The largest absolute Gasteiger partial charge is 0.508 e. The lowest BCUT2D eigenvalue weighted by Gasteiger charge is -2.38. The quantitative estimate of drug-likeness (QED) is 0.657. The highest BCUT2D eigenvalue weighted by Gasteiger charge is 2.45. The SMILES string of the molecule is Oc1ccc2c(c1)C1(CCC1)OC2. The minimum absolute atomic E-state index is 0.0198. The first-order valence-electron chi connectivity index (χ1n) is 4.77. The van der Waals surface area contributed by atoms with Gasteiger partial charge in [-0.15, -0.1) is 0 Å². The normalized spacial score (nSPS) is 22.8. The van der Waals surface area contributed by atoms with E-state index in [0.29, 0.717) is 5.75 Å². The third kappa shape index (κ3) is 0.866. The summed E-state index contributed by atoms with van der Waals surface area (Å²) in [4.78, 5) is 0. The van der Waals surface area contributed by atoms with Crippen molar-refractivity contribution in [3.05, 3.63) is 29.3 Å². The molecule has 1 N–H and O–H groups in total. The van der Waals surface area contributed by atoms with Crippen molar-refractivity contribution >= 4 is 0 Å². The first kappa shape index (κ1) is 7.39. The second-order valence-electron chi connectivity index (χ2n) is 3.98. The van der Waals surface area contributed by atoms with E-state index in [2.05, 4.69) is 0 Å². The van der Waals surface area contributed by atoms with Crippen LogP contribution in [-0.2, 0) is 16.9 Å². The maximum Gasteiger partial charge on any atom is 0.115 e. The van der Waals surface area contributed by atoms with Gasteiger partial charge in [0, 0.05) is 0 Å². The van der Waals surface area contributed by atoms with Crippen LogP contribution in [0.25, 0.3) is 0 Å². The summed E-state index contributed by atoms with van der Waals surface area (Å²) in [6, 6.07) is 5.57. The van der Waals surface area contributed by atoms with E-state index in [1.54, 1.807) is 6.07 Å². The van der Waals surface area contributed by atoms with Gasteiger partial charge >= 0.3 is 0 Å². The molecule has 3 rings (SSSR count). The first-order valence-corrected chi connectivity index (χ1v) is 4.77. The molecule has 1 aromatic carbocycles. The van der Waals surface area contributed by atoms with Crippen molar-refractivity contribution in [2.24, 2.45) is 0 Å². The van der Waals surface area contributed by atoms with Crippen molar-refractivity contribution in [2.75, 3.05) is 0 Å². The van der Waals surface area contributed by atoms with Crippen molar-refractivity contribution in [3.63, 3.8) is 0 Å². The van der Waals surface area contributed by atoms with E-state index in [9.17, 15) is 5.11 Å². The Labute approximate surface area is 77.2 Å². The summed E-state index contributed by atoms with van der Waals surface area (Å²) < 4.78 is 5.79. The number of hydrogen-bond donors (Lipinski definition) is 1. The number of ether oxygens (including phenoxy) is 1. The lowest BCUT2D eigenvalue weighted by atomic mass is 9.75. The van der Waals surface area contributed by atoms with Crippen molar-refractivity contribution in [1.29, 1.82) is 0 Å². The molecule has 2 aliphatic rings. The molecule has 1 fully saturated rings. The zero-order valence-corrected chi connectivity index (χ0v) is 7.42. The van der Waals surface area contributed by atoms with Gasteiger partial charge in [0.25, 0.3) is 0 Å². The molecule has 2 nitrogen and oxygen atoms in total. The predicted octanol–water partition coefficient (Wildman–Crippen LogP) is 2.30. The molecule has 0 bridgehead atoms. The molecule has 1 aliphatic heterocycles. The molecule has 1 saturated carbocycles. The Morgan fingerprint density at radius 1 is 1.31 bits per heavy atom. The Morgan fingerprint density at radius 3 is 2.85 bits per heavy atom. The van der Waals surface area contributed by atoms with E-state index in [1.165, 1.54) is 17.5 Å². The smallest absolute Gasteiger partial charge is 0.115 e. The fourth-order valence-corrected chi connectivity index (χ4v) is 2.32. The molecule has 0 unspecified atom stereocenters. The van der Waals surface area contributed by atoms with E-state index in [0.717, 1.165) is 19.4 Å². The van der Waals surface area contributed by atoms with E-state index in [-0.39, 0.29) is 5.60 Å². The van der Waals surface area contributed by atoms with Gasteiger partial charge in [0.2, 0.25) is 0 Å². The van der Waals surface area contributed by atoms with Crippen LogP contribution in [0.15, 0.2) is 18.2 Å². The third-order valence-electron chi connectivity index (χ3n) is 3.25. The van der Waals surface area contributed by atoms with E-state index >= 15 is 0 Å². The van der Waals surface area contributed by atoms with Gasteiger partial charge in [-0.2, -0.15) is 0 Å². The molecule has 0 saturated heterocycles. The second kappa shape index (κ2) is 2.26. The van der Waals surface area contributed by atoms with E-state index in [4.69, 9.17) is 4.74 Å². The van der Waals surface area contributed by atoms with Gasteiger partial charge in [-0.3, -0.25) is 0 Å². The third-order valence-corrected chi connectivity index (χ3v) is 3.25. The van der Waals surface area contributed by atoms with Gasteiger partial charge in [0.15, 0.2) is 0 Å². The van der Waals surface area contributed by atoms with Crippen molar-refractivity contribution in [2.45, 2.75) is 31.5 Å². The fourth-order valence-electron chi connectivity index (χ4n) is 2.32. The Morgan fingerprint density at radius 2 is 2.15 bits per heavy atom. The van der Waals surface area contributed by atoms with Crippen molar-refractivity contribution in [1.82, 2.24) is 0 Å². The number of aromatic hydroxyl groups is 1. The van der Waals surface area contributed by atoms with Crippen LogP contribution in [0.3, 0.4) is 0 Å². The summed E-state index contributed by atoms with van der Waals surface area (Å²) in [6.45, 7) is 0.718. The monoisotopic (exact) mass is 176 g/mol. The van der Waals surface area contributed by atoms with Gasteiger partial charge in [-0.05, 0) is 42.5 Å². The highest BCUT2D eigenvalue weighted by Crippen LogP contribution is 2.51. The van der Waals surface area contributed by atoms with E-state index in [1.807, 2.05) is 12.1 Å². The molecule has 1 spiro atoms. The minimum atomic E-state index is -0.0198. The summed E-state index contributed by atoms with van der Waals surface area (Å²) in [5.41, 5.74) is 2.45. The van der Waals surface area contributed by atoms with Gasteiger partial charge in [-0.25, -0.2) is 0 Å². The van der Waals surface area contributed by atoms with Gasteiger partial charge < -0.3 is 9.84 Å². The Hall–Kier alpha value is -1.02. The second-order valence-corrected chi connectivity index (χ2v) is 3.98. The zero-order chi connectivity index (χ0) is 8.89. The summed E-state index contributed by atoms with van der Waals surface area (Å²) >= 11 is 0. The average molecular weight is 176 g/mol. The standard InChI is InChI=1S/C11H12O2/c12-9-3-2-8-7-13-11(4-1-5-11)10(8)6-9/h2-3,6,12H,1,4-5,7H2. The summed E-state index contributed by atoms with van der Waals surface area (Å²) in [6.07, 6.45) is 3.47. The highest BCUT2D eigenvalue weighted by atomic mass is 16.5. The van der Waals surface area contributed by atoms with Crippen LogP contribution < -0.4 is 0 Å². The molecule has 0 aromatic heterocycles. The number of rotatable bonds is 0. The maximum absolute atomic E-state index is 9.39. The number of phenols is 1. The Kier molecular flexibility index (Phi) is 1.29. The van der Waals surface area contributed by atoms with Gasteiger partial charge in [-0.1, -0.05) is 6.07 Å². The van der Waals surface area contributed by atoms with Crippen molar-refractivity contribution in [3.8, 4) is 5.75 Å². The van der Waals surface area contributed by atoms with Crippen LogP contribution >= 0.6 is 0 Å². The highest BCUT2D eigenvalue weighted by molar-refractivity contribution is 5.42. The molecule has 1 aliphatic carbocycles. The molecular weight excluding hydrogens is 164 g/mol. The molecule has 2 heteroatoms. The van der Waals surface area contributed by atoms with Crippen LogP contribution in [0, 0.1) is 0 Å². The molecule has 13 heavy (non-hydrogen) atoms. The van der Waals surface area contributed by atoms with Crippen LogP contribution in [0.1, 0.15) is 30.4 Å². The Bertz CT molecular complexity index is 353. The number of benzene rings is 1. The summed E-state index contributed by atoms with van der Waals surface area (Å²) in [5, 5.41) is 9.39. The number of fused-ring (bicyclic) bond motifs is 2. The summed E-state index contributed by atoms with van der Waals surface area (Å²) in [7, 11) is 0. The topological polar surface area (TPSA) is 29.5 Å². The van der Waals surface area contributed by atoms with Gasteiger partial charge in [0.05, 0.1) is 12.2 Å². The minimum Gasteiger partial charge on any atom is -0.508 e. The predicted molar refractivity (Wildman–Crippen MR) is 48.4 cm³/mol. The van der Waals surface area contributed by atoms with Crippen LogP contribution in [0.2, 0.25) is 0 Å². The molecule has 1 heterocycles. The van der Waals surface area contributed by atoms with Crippen LogP contribution in [0.4, 0.5) is 0 Å². The molecule has 0 radical (unpaired) electrons. The molecule has 0 atom stereocenters.